The Hall–Kier alpha value is -1.30. The lowest BCUT2D eigenvalue weighted by Crippen LogP contribution is -2.44. The van der Waals surface area contributed by atoms with Crippen molar-refractivity contribution in [3.63, 3.8) is 0 Å². The van der Waals surface area contributed by atoms with Crippen molar-refractivity contribution >= 4 is 12.0 Å². The summed E-state index contributed by atoms with van der Waals surface area (Å²) in [5, 5.41) is 11.6. The lowest BCUT2D eigenvalue weighted by molar-refractivity contribution is -0.141. The number of likely N-dealkylation sites (tertiary alicyclic amines) is 1. The van der Waals surface area contributed by atoms with Gasteiger partial charge in [-0.1, -0.05) is 0 Å². The van der Waals surface area contributed by atoms with Gasteiger partial charge in [-0.15, -0.1) is 0 Å². The van der Waals surface area contributed by atoms with Crippen LogP contribution in [0.3, 0.4) is 0 Å². The molecule has 0 saturated carbocycles. The monoisotopic (exact) mass is 244 g/mol. The second-order valence-corrected chi connectivity index (χ2v) is 4.28. The standard InChI is InChI=1S/C11H20N2O4/c1-3-17-7-8(2)12-11(16)13-5-4-9(6-13)10(14)15/h8-9H,3-7H2,1-2H3,(H,12,16)(H,14,15). The molecule has 2 atom stereocenters. The SMILES string of the molecule is CCOCC(C)NC(=O)N1CCC(C(=O)O)C1. The van der Waals surface area contributed by atoms with Crippen LogP contribution in [0.15, 0.2) is 0 Å². The highest BCUT2D eigenvalue weighted by molar-refractivity contribution is 5.77. The van der Waals surface area contributed by atoms with E-state index in [1.807, 2.05) is 13.8 Å². The molecule has 1 aliphatic heterocycles. The van der Waals surface area contributed by atoms with E-state index >= 15 is 0 Å². The summed E-state index contributed by atoms with van der Waals surface area (Å²) in [5.41, 5.74) is 0. The predicted molar refractivity (Wildman–Crippen MR) is 61.8 cm³/mol. The number of carbonyl (C=O) groups excluding carboxylic acids is 1. The van der Waals surface area contributed by atoms with Gasteiger partial charge in [-0.25, -0.2) is 4.79 Å². The van der Waals surface area contributed by atoms with Gasteiger partial charge in [0.25, 0.3) is 0 Å². The molecule has 2 N–H and O–H groups in total. The molecule has 17 heavy (non-hydrogen) atoms. The smallest absolute Gasteiger partial charge is 0.317 e. The normalized spacial score (nSPS) is 21.3. The molecule has 1 heterocycles. The van der Waals surface area contributed by atoms with Crippen LogP contribution in [0.4, 0.5) is 4.79 Å². The molecule has 0 spiro atoms. The molecule has 1 saturated heterocycles. The van der Waals surface area contributed by atoms with E-state index in [9.17, 15) is 9.59 Å². The molecule has 1 fully saturated rings. The molecule has 6 nitrogen and oxygen atoms in total. The summed E-state index contributed by atoms with van der Waals surface area (Å²) in [6.45, 7) is 5.64. The van der Waals surface area contributed by atoms with Crippen LogP contribution in [-0.2, 0) is 9.53 Å². The summed E-state index contributed by atoms with van der Waals surface area (Å²) in [4.78, 5) is 24.1. The zero-order valence-corrected chi connectivity index (χ0v) is 10.3. The van der Waals surface area contributed by atoms with E-state index in [1.165, 1.54) is 0 Å². The number of hydrogen-bond acceptors (Lipinski definition) is 3. The number of nitrogens with one attached hydrogen (secondary N) is 1. The summed E-state index contributed by atoms with van der Waals surface area (Å²) < 4.78 is 5.19. The van der Waals surface area contributed by atoms with Crippen LogP contribution in [0, 0.1) is 5.92 Å². The van der Waals surface area contributed by atoms with Crippen molar-refractivity contribution in [2.75, 3.05) is 26.3 Å². The van der Waals surface area contributed by atoms with Crippen LogP contribution in [0.2, 0.25) is 0 Å². The van der Waals surface area contributed by atoms with Crippen LogP contribution >= 0.6 is 0 Å². The van der Waals surface area contributed by atoms with E-state index in [4.69, 9.17) is 9.84 Å². The lowest BCUT2D eigenvalue weighted by Gasteiger charge is -2.20. The number of urea groups is 1. The second kappa shape index (κ2) is 6.44. The van der Waals surface area contributed by atoms with E-state index < -0.39 is 11.9 Å². The van der Waals surface area contributed by atoms with Gasteiger partial charge in [0.05, 0.1) is 18.6 Å². The Kier molecular flexibility index (Phi) is 5.21. The van der Waals surface area contributed by atoms with Gasteiger partial charge in [0, 0.05) is 19.7 Å². The van der Waals surface area contributed by atoms with Gasteiger partial charge in [0.2, 0.25) is 0 Å². The highest BCUT2D eigenvalue weighted by Gasteiger charge is 2.31. The van der Waals surface area contributed by atoms with Crippen molar-refractivity contribution in [2.45, 2.75) is 26.3 Å². The summed E-state index contributed by atoms with van der Waals surface area (Å²) in [7, 11) is 0. The Morgan fingerprint density at radius 1 is 1.59 bits per heavy atom. The first-order valence-corrected chi connectivity index (χ1v) is 5.90. The summed E-state index contributed by atoms with van der Waals surface area (Å²) in [6.07, 6.45) is 0.530. The molecule has 0 aliphatic carbocycles. The topological polar surface area (TPSA) is 78.9 Å². The molecule has 2 unspecified atom stereocenters. The molecule has 0 bridgehead atoms. The van der Waals surface area contributed by atoms with Gasteiger partial charge in [0.15, 0.2) is 0 Å². The maximum Gasteiger partial charge on any atom is 0.317 e. The number of ether oxygens (including phenoxy) is 1. The number of aliphatic carboxylic acids is 1. The van der Waals surface area contributed by atoms with E-state index in [0.29, 0.717) is 32.7 Å². The molecule has 0 aromatic carbocycles. The van der Waals surface area contributed by atoms with Crippen molar-refractivity contribution in [1.82, 2.24) is 10.2 Å². The van der Waals surface area contributed by atoms with Gasteiger partial charge in [-0.2, -0.15) is 0 Å². The first-order valence-electron chi connectivity index (χ1n) is 5.90. The minimum absolute atomic E-state index is 0.0636. The molecular weight excluding hydrogens is 224 g/mol. The van der Waals surface area contributed by atoms with Crippen molar-refractivity contribution in [2.24, 2.45) is 5.92 Å². The largest absolute Gasteiger partial charge is 0.481 e. The van der Waals surface area contributed by atoms with Crippen molar-refractivity contribution in [3.8, 4) is 0 Å². The third kappa shape index (κ3) is 4.22. The fourth-order valence-corrected chi connectivity index (χ4v) is 1.78. The molecule has 98 valence electrons. The first kappa shape index (κ1) is 13.8. The zero-order valence-electron chi connectivity index (χ0n) is 10.3. The van der Waals surface area contributed by atoms with Crippen LogP contribution < -0.4 is 5.32 Å². The van der Waals surface area contributed by atoms with Gasteiger partial charge in [0.1, 0.15) is 0 Å². The Balaban J connectivity index is 2.31. The Bertz CT molecular complexity index is 283. The van der Waals surface area contributed by atoms with Crippen molar-refractivity contribution in [1.29, 1.82) is 0 Å². The second-order valence-electron chi connectivity index (χ2n) is 4.28. The minimum Gasteiger partial charge on any atom is -0.481 e. The Labute approximate surface area is 101 Å². The highest BCUT2D eigenvalue weighted by atomic mass is 16.5. The van der Waals surface area contributed by atoms with E-state index in [1.54, 1.807) is 4.90 Å². The molecule has 0 aromatic heterocycles. The van der Waals surface area contributed by atoms with Crippen LogP contribution in [0.5, 0.6) is 0 Å². The fraction of sp³-hybridized carbons (Fsp3) is 0.818. The number of carboxylic acids is 1. The third-order valence-electron chi connectivity index (χ3n) is 2.77. The van der Waals surface area contributed by atoms with Gasteiger partial charge >= 0.3 is 12.0 Å². The number of carboxylic acid groups (broad SMARTS) is 1. The molecule has 1 aliphatic rings. The minimum atomic E-state index is -0.831. The molecule has 0 radical (unpaired) electrons. The lowest BCUT2D eigenvalue weighted by atomic mass is 10.1. The molecular formula is C11H20N2O4. The van der Waals surface area contributed by atoms with E-state index in [-0.39, 0.29) is 12.1 Å². The Morgan fingerprint density at radius 3 is 2.82 bits per heavy atom. The average Bonchev–Trinajstić information content (AvgIpc) is 2.75. The quantitative estimate of drug-likeness (QED) is 0.739. The van der Waals surface area contributed by atoms with Crippen LogP contribution in [0.25, 0.3) is 0 Å². The number of carbonyl (C=O) groups is 2. The number of hydrogen-bond donors (Lipinski definition) is 2. The number of amides is 2. The fourth-order valence-electron chi connectivity index (χ4n) is 1.78. The van der Waals surface area contributed by atoms with E-state index in [2.05, 4.69) is 5.32 Å². The molecule has 1 rings (SSSR count). The zero-order chi connectivity index (χ0) is 12.8. The first-order chi connectivity index (χ1) is 8.04. The average molecular weight is 244 g/mol. The molecule has 2 amide bonds. The van der Waals surface area contributed by atoms with Crippen LogP contribution in [-0.4, -0.2) is 54.4 Å². The Morgan fingerprint density at radius 2 is 2.29 bits per heavy atom. The maximum absolute atomic E-state index is 11.8. The van der Waals surface area contributed by atoms with Crippen molar-refractivity contribution < 1.29 is 19.4 Å². The molecule has 0 aromatic rings. The summed E-state index contributed by atoms with van der Waals surface area (Å²) in [6, 6.07) is -0.271. The number of rotatable bonds is 5. The maximum atomic E-state index is 11.8. The third-order valence-corrected chi connectivity index (χ3v) is 2.77. The summed E-state index contributed by atoms with van der Waals surface area (Å²) >= 11 is 0. The van der Waals surface area contributed by atoms with Gasteiger partial charge < -0.3 is 20.1 Å². The van der Waals surface area contributed by atoms with E-state index in [0.717, 1.165) is 0 Å². The van der Waals surface area contributed by atoms with Gasteiger partial charge in [-0.05, 0) is 20.3 Å². The number of nitrogens with zero attached hydrogens (tertiary/aromatic N) is 1. The predicted octanol–water partition coefficient (Wildman–Crippen LogP) is 0.527. The van der Waals surface area contributed by atoms with Gasteiger partial charge in [-0.3, -0.25) is 4.79 Å². The highest BCUT2D eigenvalue weighted by Crippen LogP contribution is 2.16. The molecule has 6 heteroatoms. The van der Waals surface area contributed by atoms with Crippen LogP contribution in [0.1, 0.15) is 20.3 Å². The summed E-state index contributed by atoms with van der Waals surface area (Å²) in [5.74, 6) is -1.26. The van der Waals surface area contributed by atoms with Crippen molar-refractivity contribution in [3.05, 3.63) is 0 Å².